The number of fused-ring (bicyclic) bond motifs is 1. The van der Waals surface area contributed by atoms with Crippen molar-refractivity contribution in [1.82, 2.24) is 0 Å². The lowest BCUT2D eigenvalue weighted by Crippen LogP contribution is -2.18. The van der Waals surface area contributed by atoms with Crippen LogP contribution >= 0.6 is 23.4 Å². The van der Waals surface area contributed by atoms with E-state index in [0.29, 0.717) is 5.92 Å². The van der Waals surface area contributed by atoms with E-state index in [2.05, 4.69) is 48.6 Å². The number of allylic oxidation sites excluding steroid dienone is 6. The van der Waals surface area contributed by atoms with E-state index >= 15 is 0 Å². The summed E-state index contributed by atoms with van der Waals surface area (Å²) in [4.78, 5) is 16.3. The number of carboxylic acid groups (broad SMARTS) is 1. The molecule has 2 N–H and O–H groups in total. The number of halogens is 1. The Morgan fingerprint density at radius 3 is 2.76 bits per heavy atom. The lowest BCUT2D eigenvalue weighted by molar-refractivity contribution is -0.138. The summed E-state index contributed by atoms with van der Waals surface area (Å²) in [6, 6.07) is 16.7. The SMILES string of the molecule is CC(C)(O)c1ccccc1CC[C@H](SCC1(CC(=O)O)CC1)c1cccc(/C=C/C2=NC3=CC(Cl)=CCC3C=C2)c1. The fourth-order valence-electron chi connectivity index (χ4n) is 5.61. The molecule has 1 aliphatic heterocycles. The molecular formula is C35H38ClNO3S. The maximum absolute atomic E-state index is 11.5. The zero-order chi connectivity index (χ0) is 29.0. The molecule has 0 aromatic heterocycles. The predicted octanol–water partition coefficient (Wildman–Crippen LogP) is 8.63. The monoisotopic (exact) mass is 587 g/mol. The second-order valence-electron chi connectivity index (χ2n) is 12.0. The maximum atomic E-state index is 11.5. The average Bonchev–Trinajstić information content (AvgIpc) is 3.70. The molecule has 3 aliphatic rings. The summed E-state index contributed by atoms with van der Waals surface area (Å²) >= 11 is 8.09. The summed E-state index contributed by atoms with van der Waals surface area (Å²) in [5.74, 6) is 0.429. The Kier molecular flexibility index (Phi) is 9.08. The molecule has 1 fully saturated rings. The van der Waals surface area contributed by atoms with Crippen LogP contribution in [0.2, 0.25) is 0 Å². The molecule has 1 heterocycles. The zero-order valence-corrected chi connectivity index (χ0v) is 25.3. The minimum Gasteiger partial charge on any atom is -0.481 e. The van der Waals surface area contributed by atoms with E-state index in [1.165, 1.54) is 5.56 Å². The highest BCUT2D eigenvalue weighted by Crippen LogP contribution is 2.53. The fraction of sp³-hybridized carbons (Fsp3) is 0.371. The summed E-state index contributed by atoms with van der Waals surface area (Å²) in [5.41, 5.74) is 5.37. The highest BCUT2D eigenvalue weighted by Gasteiger charge is 2.44. The van der Waals surface area contributed by atoms with Gasteiger partial charge in [0, 0.05) is 27.7 Å². The third-order valence-electron chi connectivity index (χ3n) is 8.15. The molecule has 41 heavy (non-hydrogen) atoms. The first-order chi connectivity index (χ1) is 19.6. The number of carbonyl (C=O) groups is 1. The van der Waals surface area contributed by atoms with E-state index in [1.807, 2.05) is 62.0 Å². The van der Waals surface area contributed by atoms with E-state index in [0.717, 1.165) is 71.0 Å². The van der Waals surface area contributed by atoms with E-state index in [1.54, 1.807) is 0 Å². The summed E-state index contributed by atoms with van der Waals surface area (Å²) in [6.07, 6.45) is 17.2. The third-order valence-corrected chi connectivity index (χ3v) is 10.1. The minimum absolute atomic E-state index is 0.0769. The number of thioether (sulfide) groups is 1. The van der Waals surface area contributed by atoms with Crippen molar-refractivity contribution in [2.75, 3.05) is 5.75 Å². The van der Waals surface area contributed by atoms with Gasteiger partial charge in [-0.3, -0.25) is 9.79 Å². The van der Waals surface area contributed by atoms with E-state index in [-0.39, 0.29) is 17.1 Å². The Morgan fingerprint density at radius 2 is 2.00 bits per heavy atom. The topological polar surface area (TPSA) is 69.9 Å². The van der Waals surface area contributed by atoms with Crippen LogP contribution in [-0.4, -0.2) is 27.6 Å². The van der Waals surface area contributed by atoms with Gasteiger partial charge in [0.25, 0.3) is 0 Å². The number of hydrogen-bond acceptors (Lipinski definition) is 4. The maximum Gasteiger partial charge on any atom is 0.303 e. The lowest BCUT2D eigenvalue weighted by Gasteiger charge is -2.24. The summed E-state index contributed by atoms with van der Waals surface area (Å²) < 4.78 is 0. The normalized spacial score (nSPS) is 20.2. The van der Waals surface area contributed by atoms with Gasteiger partial charge in [-0.15, -0.1) is 0 Å². The van der Waals surface area contributed by atoms with E-state index < -0.39 is 11.6 Å². The van der Waals surface area contributed by atoms with Gasteiger partial charge in [-0.2, -0.15) is 11.8 Å². The van der Waals surface area contributed by atoms with Crippen molar-refractivity contribution in [2.45, 2.75) is 63.2 Å². The number of carboxylic acids is 1. The summed E-state index contributed by atoms with van der Waals surface area (Å²) in [5, 5.41) is 21.1. The number of dihydropyridines is 1. The summed E-state index contributed by atoms with van der Waals surface area (Å²) in [7, 11) is 0. The van der Waals surface area contributed by atoms with Gasteiger partial charge < -0.3 is 10.2 Å². The van der Waals surface area contributed by atoms with Gasteiger partial charge in [0.15, 0.2) is 0 Å². The molecule has 2 aromatic rings. The molecule has 214 valence electrons. The Morgan fingerprint density at radius 1 is 1.20 bits per heavy atom. The highest BCUT2D eigenvalue weighted by atomic mass is 35.5. The fourth-order valence-corrected chi connectivity index (χ4v) is 7.38. The smallest absolute Gasteiger partial charge is 0.303 e. The number of rotatable bonds is 12. The predicted molar refractivity (Wildman–Crippen MR) is 171 cm³/mol. The largest absolute Gasteiger partial charge is 0.481 e. The quantitative estimate of drug-likeness (QED) is 0.261. The first-order valence-corrected chi connectivity index (χ1v) is 15.8. The third kappa shape index (κ3) is 7.91. The van der Waals surface area contributed by atoms with Gasteiger partial charge in [-0.05, 0) is 91.8 Å². The summed E-state index contributed by atoms with van der Waals surface area (Å²) in [6.45, 7) is 3.66. The van der Waals surface area contributed by atoms with Gasteiger partial charge in [0.1, 0.15) is 0 Å². The van der Waals surface area contributed by atoms with Crippen molar-refractivity contribution in [3.63, 3.8) is 0 Å². The second-order valence-corrected chi connectivity index (χ2v) is 13.7. The van der Waals surface area contributed by atoms with E-state index in [9.17, 15) is 15.0 Å². The van der Waals surface area contributed by atoms with Crippen molar-refractivity contribution in [2.24, 2.45) is 16.3 Å². The van der Waals surface area contributed by atoms with Gasteiger partial charge in [-0.25, -0.2) is 0 Å². The van der Waals surface area contributed by atoms with Crippen molar-refractivity contribution in [3.8, 4) is 0 Å². The highest BCUT2D eigenvalue weighted by molar-refractivity contribution is 7.99. The molecule has 1 saturated carbocycles. The van der Waals surface area contributed by atoms with Crippen LogP contribution in [0, 0.1) is 11.3 Å². The van der Waals surface area contributed by atoms with Gasteiger partial charge in [-0.1, -0.05) is 78.4 Å². The molecule has 2 aliphatic carbocycles. The number of benzene rings is 2. The number of aliphatic hydroxyl groups is 1. The van der Waals surface area contributed by atoms with Crippen molar-refractivity contribution in [3.05, 3.63) is 112 Å². The molecule has 2 aromatic carbocycles. The second kappa shape index (κ2) is 12.6. The molecule has 6 heteroatoms. The molecular weight excluding hydrogens is 550 g/mol. The molecule has 5 rings (SSSR count). The van der Waals surface area contributed by atoms with Crippen molar-refractivity contribution in [1.29, 1.82) is 0 Å². The standard InChI is InChI=1S/C35H38ClNO3S/c1-34(2,40)30-9-4-3-7-25(30)13-17-32(41-23-35(18-19-35)22-33(38)39)27-8-5-6-24(20-27)10-15-29-16-12-26-11-14-28(36)21-31(26)37-29/h3-10,12,14-16,20-21,26,32,40H,11,13,17-19,22-23H2,1-2H3,(H,38,39)/b15-10+/t26?,32-/m0/s1. The Balaban J connectivity index is 1.35. The molecule has 4 nitrogen and oxygen atoms in total. The van der Waals surface area contributed by atoms with Crippen LogP contribution in [0.1, 0.15) is 73.5 Å². The molecule has 2 atom stereocenters. The van der Waals surface area contributed by atoms with Crippen LogP contribution in [0.25, 0.3) is 6.08 Å². The number of aryl methyl sites for hydroxylation is 1. The zero-order valence-electron chi connectivity index (χ0n) is 23.7. The molecule has 1 unspecified atom stereocenters. The Hall–Kier alpha value is -2.86. The number of hydrogen-bond donors (Lipinski definition) is 2. The van der Waals surface area contributed by atoms with Crippen LogP contribution in [0.5, 0.6) is 0 Å². The van der Waals surface area contributed by atoms with Gasteiger partial charge >= 0.3 is 5.97 Å². The molecule has 0 radical (unpaired) electrons. The van der Waals surface area contributed by atoms with Crippen LogP contribution in [0.3, 0.4) is 0 Å². The van der Waals surface area contributed by atoms with Gasteiger partial charge in [0.05, 0.1) is 17.7 Å². The minimum atomic E-state index is -0.908. The lowest BCUT2D eigenvalue weighted by atomic mass is 9.90. The first kappa shape index (κ1) is 29.6. The van der Waals surface area contributed by atoms with Crippen molar-refractivity contribution < 1.29 is 15.0 Å². The van der Waals surface area contributed by atoms with Gasteiger partial charge in [0.2, 0.25) is 0 Å². The van der Waals surface area contributed by atoms with Crippen LogP contribution < -0.4 is 0 Å². The molecule has 0 spiro atoms. The van der Waals surface area contributed by atoms with Crippen LogP contribution in [-0.2, 0) is 16.8 Å². The number of nitrogens with zero attached hydrogens (tertiary/aromatic N) is 1. The van der Waals surface area contributed by atoms with Crippen LogP contribution in [0.15, 0.2) is 94.6 Å². The average molecular weight is 588 g/mol. The molecule has 0 bridgehead atoms. The Labute approximate surface area is 252 Å². The van der Waals surface area contributed by atoms with Crippen LogP contribution in [0.4, 0.5) is 0 Å². The molecule has 0 amide bonds. The number of aliphatic carboxylic acids is 1. The number of aliphatic imine (C=N–C) groups is 1. The van der Waals surface area contributed by atoms with E-state index in [4.69, 9.17) is 16.6 Å². The van der Waals surface area contributed by atoms with Crippen molar-refractivity contribution >= 4 is 41.1 Å². The Bertz CT molecular complexity index is 1440. The first-order valence-electron chi connectivity index (χ1n) is 14.4. The molecule has 0 saturated heterocycles.